The van der Waals surface area contributed by atoms with Gasteiger partial charge in [0.1, 0.15) is 6.04 Å². The smallest absolute Gasteiger partial charge is 0.409 e. The molecule has 1 aromatic rings. The second-order valence-corrected chi connectivity index (χ2v) is 7.40. The van der Waals surface area contributed by atoms with Crippen molar-refractivity contribution in [2.75, 3.05) is 53.6 Å². The minimum Gasteiger partial charge on any atom is -0.493 e. The van der Waals surface area contributed by atoms with E-state index in [1.54, 1.807) is 36.9 Å². The molecule has 3 rings (SSSR count). The van der Waals surface area contributed by atoms with Crippen LogP contribution >= 0.6 is 0 Å². The van der Waals surface area contributed by atoms with Crippen LogP contribution in [-0.2, 0) is 19.1 Å². The highest BCUT2D eigenvalue weighted by atomic mass is 16.6. The molecule has 1 saturated heterocycles. The van der Waals surface area contributed by atoms with Gasteiger partial charge in [-0.25, -0.2) is 9.79 Å². The minimum absolute atomic E-state index is 0.146. The molecule has 1 fully saturated rings. The maximum absolute atomic E-state index is 13.0. The lowest BCUT2D eigenvalue weighted by atomic mass is 9.91. The molecule has 0 aromatic heterocycles. The molecule has 0 unspecified atom stereocenters. The van der Waals surface area contributed by atoms with E-state index in [1.165, 1.54) is 14.2 Å². The summed E-state index contributed by atoms with van der Waals surface area (Å²) in [6.45, 7) is 5.67. The van der Waals surface area contributed by atoms with Gasteiger partial charge in [-0.15, -0.1) is 0 Å². The monoisotopic (exact) mass is 462 g/mol. The Hall–Kier alpha value is -3.50. The first-order chi connectivity index (χ1) is 15.9. The molecular formula is C22H30N4O7. The van der Waals surface area contributed by atoms with E-state index in [4.69, 9.17) is 23.9 Å². The van der Waals surface area contributed by atoms with Crippen molar-refractivity contribution < 1.29 is 33.3 Å². The van der Waals surface area contributed by atoms with Crippen molar-refractivity contribution >= 4 is 23.9 Å². The second kappa shape index (κ2) is 10.9. The first-order valence-corrected chi connectivity index (χ1v) is 10.9. The van der Waals surface area contributed by atoms with E-state index in [1.807, 2.05) is 4.90 Å². The van der Waals surface area contributed by atoms with Crippen LogP contribution in [0.1, 0.15) is 25.5 Å². The number of methoxy groups -OCH3 is 2. The van der Waals surface area contributed by atoms with Gasteiger partial charge in [-0.1, -0.05) is 6.07 Å². The van der Waals surface area contributed by atoms with Gasteiger partial charge in [-0.05, 0) is 31.5 Å². The summed E-state index contributed by atoms with van der Waals surface area (Å²) in [6.07, 6.45) is -0.364. The Kier molecular flexibility index (Phi) is 7.96. The lowest BCUT2D eigenvalue weighted by Gasteiger charge is -2.38. The van der Waals surface area contributed by atoms with Crippen molar-refractivity contribution in [3.63, 3.8) is 0 Å². The van der Waals surface area contributed by atoms with E-state index in [-0.39, 0.29) is 12.7 Å². The zero-order chi connectivity index (χ0) is 24.0. The highest BCUT2D eigenvalue weighted by Gasteiger charge is 2.42. The predicted octanol–water partition coefficient (Wildman–Crippen LogP) is 1.18. The third-order valence-electron chi connectivity index (χ3n) is 5.49. The molecule has 2 atom stereocenters. The molecule has 33 heavy (non-hydrogen) atoms. The van der Waals surface area contributed by atoms with Gasteiger partial charge in [-0.3, -0.25) is 14.9 Å². The number of piperazine rings is 1. The van der Waals surface area contributed by atoms with E-state index in [0.29, 0.717) is 55.8 Å². The number of carbonyl (C=O) groups excluding carboxylic acids is 3. The van der Waals surface area contributed by atoms with E-state index in [9.17, 15) is 14.4 Å². The molecule has 11 nitrogen and oxygen atoms in total. The lowest BCUT2D eigenvalue weighted by Crippen LogP contribution is -2.58. The number of ether oxygens (including phenoxy) is 4. The standard InChI is InChI=1S/C22H30N4O7/c1-5-32-20(28)17-18(14-7-8-15(30-3)16(13-14)31-4)23-21(24-19(17)27)25-9-11-26(12-10-25)22(29)33-6-2/h7-8,13,17-18H,5-6,9-12H2,1-4H3,(H,23,24,27)/t17-,18-/m0/s1. The fraction of sp³-hybridized carbons (Fsp3) is 0.545. The summed E-state index contributed by atoms with van der Waals surface area (Å²) in [4.78, 5) is 45.9. The van der Waals surface area contributed by atoms with Gasteiger partial charge in [-0.2, -0.15) is 0 Å². The highest BCUT2D eigenvalue weighted by molar-refractivity contribution is 6.08. The molecule has 1 aromatic carbocycles. The molecule has 180 valence electrons. The van der Waals surface area contributed by atoms with Gasteiger partial charge < -0.3 is 28.7 Å². The number of amides is 2. The number of hydrogen-bond donors (Lipinski definition) is 1. The van der Waals surface area contributed by atoms with Crippen LogP contribution in [0, 0.1) is 5.92 Å². The van der Waals surface area contributed by atoms with E-state index < -0.39 is 23.8 Å². The fourth-order valence-electron chi connectivity index (χ4n) is 3.82. The van der Waals surface area contributed by atoms with Crippen LogP contribution in [0.3, 0.4) is 0 Å². The van der Waals surface area contributed by atoms with Crippen LogP contribution in [0.2, 0.25) is 0 Å². The fourth-order valence-corrected chi connectivity index (χ4v) is 3.82. The van der Waals surface area contributed by atoms with Crippen molar-refractivity contribution in [2.24, 2.45) is 10.9 Å². The minimum atomic E-state index is -1.15. The van der Waals surface area contributed by atoms with Crippen LogP contribution in [-0.4, -0.2) is 87.3 Å². The van der Waals surface area contributed by atoms with Gasteiger partial charge in [0, 0.05) is 26.2 Å². The lowest BCUT2D eigenvalue weighted by molar-refractivity contribution is -0.153. The van der Waals surface area contributed by atoms with E-state index >= 15 is 0 Å². The number of rotatable bonds is 6. The number of aliphatic imine (C=N–C) groups is 1. The molecule has 2 aliphatic heterocycles. The normalized spacial score (nSPS) is 20.5. The molecule has 11 heteroatoms. The number of carbonyl (C=O) groups is 3. The second-order valence-electron chi connectivity index (χ2n) is 7.40. The number of nitrogens with zero attached hydrogens (tertiary/aromatic N) is 3. The van der Waals surface area contributed by atoms with Crippen molar-refractivity contribution in [2.45, 2.75) is 19.9 Å². The average molecular weight is 463 g/mol. The molecule has 2 heterocycles. The Morgan fingerprint density at radius 3 is 2.30 bits per heavy atom. The molecule has 2 amide bonds. The Morgan fingerprint density at radius 1 is 1.03 bits per heavy atom. The largest absolute Gasteiger partial charge is 0.493 e. The summed E-state index contributed by atoms with van der Waals surface area (Å²) in [7, 11) is 3.04. The summed E-state index contributed by atoms with van der Waals surface area (Å²) in [5, 5.41) is 2.74. The summed E-state index contributed by atoms with van der Waals surface area (Å²) in [6, 6.07) is 4.34. The Balaban J connectivity index is 1.90. The first kappa shape index (κ1) is 24.1. The topological polar surface area (TPSA) is 119 Å². The molecule has 0 saturated carbocycles. The molecule has 0 aliphatic carbocycles. The third-order valence-corrected chi connectivity index (χ3v) is 5.49. The van der Waals surface area contributed by atoms with E-state index in [2.05, 4.69) is 5.32 Å². The van der Waals surface area contributed by atoms with Crippen LogP contribution in [0.5, 0.6) is 11.5 Å². The number of esters is 1. The van der Waals surface area contributed by atoms with Crippen molar-refractivity contribution in [3.05, 3.63) is 23.8 Å². The van der Waals surface area contributed by atoms with Crippen molar-refractivity contribution in [3.8, 4) is 11.5 Å². The molecule has 0 bridgehead atoms. The zero-order valence-electron chi connectivity index (χ0n) is 19.3. The van der Waals surface area contributed by atoms with Crippen LogP contribution < -0.4 is 14.8 Å². The number of nitrogens with one attached hydrogen (secondary N) is 1. The van der Waals surface area contributed by atoms with Gasteiger partial charge in [0.15, 0.2) is 17.4 Å². The van der Waals surface area contributed by atoms with Crippen molar-refractivity contribution in [1.29, 1.82) is 0 Å². The van der Waals surface area contributed by atoms with Gasteiger partial charge in [0.25, 0.3) is 0 Å². The predicted molar refractivity (Wildman–Crippen MR) is 118 cm³/mol. The quantitative estimate of drug-likeness (QED) is 0.495. The Morgan fingerprint density at radius 2 is 1.70 bits per heavy atom. The molecule has 2 aliphatic rings. The highest BCUT2D eigenvalue weighted by Crippen LogP contribution is 2.36. The van der Waals surface area contributed by atoms with E-state index in [0.717, 1.165) is 0 Å². The third kappa shape index (κ3) is 5.29. The molecule has 0 radical (unpaired) electrons. The Bertz CT molecular complexity index is 912. The number of benzene rings is 1. The van der Waals surface area contributed by atoms with Gasteiger partial charge in [0.2, 0.25) is 11.9 Å². The summed E-state index contributed by atoms with van der Waals surface area (Å²) in [5.74, 6) is -0.955. The summed E-state index contributed by atoms with van der Waals surface area (Å²) >= 11 is 0. The van der Waals surface area contributed by atoms with Crippen molar-refractivity contribution in [1.82, 2.24) is 15.1 Å². The first-order valence-electron chi connectivity index (χ1n) is 10.9. The maximum atomic E-state index is 13.0. The van der Waals surface area contributed by atoms with Gasteiger partial charge in [0.05, 0.1) is 27.4 Å². The zero-order valence-corrected chi connectivity index (χ0v) is 19.3. The van der Waals surface area contributed by atoms with Crippen LogP contribution in [0.15, 0.2) is 23.2 Å². The molecular weight excluding hydrogens is 432 g/mol. The maximum Gasteiger partial charge on any atom is 0.409 e. The Labute approximate surface area is 192 Å². The average Bonchev–Trinajstić information content (AvgIpc) is 2.83. The van der Waals surface area contributed by atoms with Crippen LogP contribution in [0.4, 0.5) is 4.79 Å². The summed E-state index contributed by atoms with van der Waals surface area (Å²) in [5.41, 5.74) is 0.614. The van der Waals surface area contributed by atoms with Gasteiger partial charge >= 0.3 is 12.1 Å². The number of guanidine groups is 1. The summed E-state index contributed by atoms with van der Waals surface area (Å²) < 4.78 is 20.9. The number of hydrogen-bond acceptors (Lipinski definition) is 9. The molecule has 0 spiro atoms. The molecule has 1 N–H and O–H groups in total. The SMILES string of the molecule is CCOC(=O)[C@@H]1C(=O)NC(N2CCN(C(=O)OCC)CC2)=N[C@H]1c1ccc(OC)c(OC)c1. The van der Waals surface area contributed by atoms with Crippen LogP contribution in [0.25, 0.3) is 0 Å².